The smallest absolute Gasteiger partial charge is 0.315 e. The first-order chi connectivity index (χ1) is 11.8. The van der Waals surface area contributed by atoms with Crippen LogP contribution in [0.1, 0.15) is 29.5 Å². The van der Waals surface area contributed by atoms with Crippen LogP contribution < -0.4 is 10.6 Å². The van der Waals surface area contributed by atoms with Gasteiger partial charge in [-0.2, -0.15) is 0 Å². The molecule has 4 rings (SSSR count). The van der Waals surface area contributed by atoms with E-state index in [9.17, 15) is 4.79 Å². The summed E-state index contributed by atoms with van der Waals surface area (Å²) in [5.41, 5.74) is 2.36. The number of fused-ring (bicyclic) bond motifs is 1. The van der Waals surface area contributed by atoms with Gasteiger partial charge in [0.2, 0.25) is 0 Å². The number of thiazole rings is 1. The van der Waals surface area contributed by atoms with Gasteiger partial charge in [0.25, 0.3) is 0 Å². The number of nitrogens with zero attached hydrogens (tertiary/aromatic N) is 1. The molecule has 0 spiro atoms. The Balaban J connectivity index is 1.32. The number of aromatic nitrogens is 2. The predicted octanol–water partition coefficient (Wildman–Crippen LogP) is 3.62. The fourth-order valence-corrected chi connectivity index (χ4v) is 3.82. The Bertz CT molecular complexity index is 823. The van der Waals surface area contributed by atoms with Gasteiger partial charge in [0.15, 0.2) is 0 Å². The van der Waals surface area contributed by atoms with Gasteiger partial charge in [-0.1, -0.05) is 18.2 Å². The van der Waals surface area contributed by atoms with Crippen LogP contribution in [0.5, 0.6) is 0 Å². The quantitative estimate of drug-likeness (QED) is 0.641. The lowest BCUT2D eigenvalue weighted by Crippen LogP contribution is -2.39. The molecular formula is C18H20N4OS. The average Bonchev–Trinajstić information content (AvgIpc) is 3.13. The lowest BCUT2D eigenvalue weighted by atomic mass is 10.1. The molecule has 1 saturated carbocycles. The van der Waals surface area contributed by atoms with Crippen LogP contribution in [0.25, 0.3) is 10.9 Å². The van der Waals surface area contributed by atoms with Gasteiger partial charge in [-0.3, -0.25) is 0 Å². The number of nitrogens with one attached hydrogen (secondary N) is 3. The van der Waals surface area contributed by atoms with E-state index in [1.807, 2.05) is 23.7 Å². The largest absolute Gasteiger partial charge is 0.361 e. The van der Waals surface area contributed by atoms with E-state index in [-0.39, 0.29) is 12.1 Å². The Hall–Kier alpha value is -2.34. The van der Waals surface area contributed by atoms with Gasteiger partial charge in [0, 0.05) is 35.2 Å². The molecule has 1 aliphatic rings. The first kappa shape index (κ1) is 15.2. The molecule has 5 nitrogen and oxygen atoms in total. The van der Waals surface area contributed by atoms with Crippen LogP contribution >= 0.6 is 11.3 Å². The van der Waals surface area contributed by atoms with E-state index >= 15 is 0 Å². The Morgan fingerprint density at radius 2 is 2.25 bits per heavy atom. The van der Waals surface area contributed by atoms with Crippen LogP contribution in [-0.4, -0.2) is 22.5 Å². The second-order valence-corrected chi connectivity index (χ2v) is 7.12. The summed E-state index contributed by atoms with van der Waals surface area (Å²) in [6.07, 6.45) is 6.96. The number of para-hydroxylation sites is 1. The fraction of sp³-hybridized carbons (Fsp3) is 0.333. The third-order valence-corrected chi connectivity index (χ3v) is 5.31. The van der Waals surface area contributed by atoms with Crippen molar-refractivity contribution in [2.45, 2.75) is 25.3 Å². The van der Waals surface area contributed by atoms with E-state index in [0.717, 1.165) is 16.9 Å². The second-order valence-electron chi connectivity index (χ2n) is 6.20. The molecule has 0 aliphatic heterocycles. The predicted molar refractivity (Wildman–Crippen MR) is 96.1 cm³/mol. The van der Waals surface area contributed by atoms with Gasteiger partial charge >= 0.3 is 6.03 Å². The molecule has 124 valence electrons. The zero-order valence-corrected chi connectivity index (χ0v) is 14.1. The number of carbonyl (C=O) groups is 1. The molecule has 2 aromatic heterocycles. The highest BCUT2D eigenvalue weighted by atomic mass is 32.1. The van der Waals surface area contributed by atoms with Crippen molar-refractivity contribution < 1.29 is 4.79 Å². The highest BCUT2D eigenvalue weighted by molar-refractivity contribution is 7.09. The van der Waals surface area contributed by atoms with Crippen LogP contribution in [-0.2, 0) is 6.42 Å². The number of carbonyl (C=O) groups excluding carboxylic acids is 1. The molecule has 0 bridgehead atoms. The molecule has 0 unspecified atom stereocenters. The zero-order valence-electron chi connectivity index (χ0n) is 13.3. The Morgan fingerprint density at radius 3 is 3.04 bits per heavy atom. The maximum absolute atomic E-state index is 12.2. The summed E-state index contributed by atoms with van der Waals surface area (Å²) >= 11 is 1.61. The lowest BCUT2D eigenvalue weighted by Gasteiger charge is -2.16. The maximum atomic E-state index is 12.2. The number of H-pyrrole nitrogens is 1. The summed E-state index contributed by atoms with van der Waals surface area (Å²) in [6.45, 7) is 0.614. The van der Waals surface area contributed by atoms with Gasteiger partial charge in [0.1, 0.15) is 5.01 Å². The molecule has 2 amide bonds. The van der Waals surface area contributed by atoms with Crippen molar-refractivity contribution >= 4 is 28.3 Å². The van der Waals surface area contributed by atoms with E-state index in [4.69, 9.17) is 0 Å². The molecule has 1 aliphatic carbocycles. The summed E-state index contributed by atoms with van der Waals surface area (Å²) in [5.74, 6) is 0.538. The lowest BCUT2D eigenvalue weighted by molar-refractivity contribution is 0.235. The van der Waals surface area contributed by atoms with E-state index in [0.29, 0.717) is 12.5 Å². The van der Waals surface area contributed by atoms with Crippen molar-refractivity contribution in [2.24, 2.45) is 5.92 Å². The van der Waals surface area contributed by atoms with Gasteiger partial charge < -0.3 is 15.6 Å². The van der Waals surface area contributed by atoms with Crippen molar-refractivity contribution in [1.82, 2.24) is 20.6 Å². The van der Waals surface area contributed by atoms with Crippen LogP contribution in [0.2, 0.25) is 0 Å². The summed E-state index contributed by atoms with van der Waals surface area (Å²) in [5, 5.41) is 10.2. The van der Waals surface area contributed by atoms with E-state index < -0.39 is 0 Å². The zero-order chi connectivity index (χ0) is 16.4. The van der Waals surface area contributed by atoms with Crippen LogP contribution in [0, 0.1) is 5.92 Å². The van der Waals surface area contributed by atoms with Crippen molar-refractivity contribution in [3.05, 3.63) is 52.6 Å². The SMILES string of the molecule is O=C(NCCc1c[nH]c2ccccc12)N[C@H](c1nccs1)C1CC1. The minimum Gasteiger partial charge on any atom is -0.361 e. The molecule has 24 heavy (non-hydrogen) atoms. The van der Waals surface area contributed by atoms with Gasteiger partial charge in [-0.15, -0.1) is 11.3 Å². The number of benzene rings is 1. The third kappa shape index (κ3) is 3.28. The summed E-state index contributed by atoms with van der Waals surface area (Å²) in [6, 6.07) is 8.17. The average molecular weight is 340 g/mol. The number of aromatic amines is 1. The second kappa shape index (κ2) is 6.65. The maximum Gasteiger partial charge on any atom is 0.315 e. The van der Waals surface area contributed by atoms with Crippen molar-refractivity contribution in [3.63, 3.8) is 0 Å². The highest BCUT2D eigenvalue weighted by Crippen LogP contribution is 2.41. The number of amides is 2. The first-order valence-corrected chi connectivity index (χ1v) is 9.18. The number of hydrogen-bond donors (Lipinski definition) is 3. The molecule has 1 atom stereocenters. The molecule has 3 aromatic rings. The molecule has 0 radical (unpaired) electrons. The van der Waals surface area contributed by atoms with E-state index in [2.05, 4.69) is 32.7 Å². The minimum atomic E-state index is -0.109. The molecule has 1 aromatic carbocycles. The van der Waals surface area contributed by atoms with Gasteiger partial charge in [-0.25, -0.2) is 9.78 Å². The molecule has 0 saturated heterocycles. The number of urea groups is 1. The normalized spacial score (nSPS) is 15.3. The van der Waals surface area contributed by atoms with Crippen LogP contribution in [0.4, 0.5) is 4.79 Å². The van der Waals surface area contributed by atoms with Crippen molar-refractivity contribution in [1.29, 1.82) is 0 Å². The minimum absolute atomic E-state index is 0.0538. The van der Waals surface area contributed by atoms with E-state index in [1.165, 1.54) is 23.8 Å². The number of rotatable bonds is 6. The molecule has 2 heterocycles. The fourth-order valence-electron chi connectivity index (χ4n) is 3.04. The standard InChI is InChI=1S/C18H20N4OS/c23-18(22-16(12-5-6-12)17-19-9-10-24-17)20-8-7-13-11-21-15-4-2-1-3-14(13)15/h1-4,9-12,16,21H,5-8H2,(H2,20,22,23)/t16-/m0/s1. The third-order valence-electron chi connectivity index (χ3n) is 4.45. The van der Waals surface area contributed by atoms with Gasteiger partial charge in [-0.05, 0) is 36.8 Å². The molecular weight excluding hydrogens is 320 g/mol. The Morgan fingerprint density at radius 1 is 1.38 bits per heavy atom. The van der Waals surface area contributed by atoms with E-state index in [1.54, 1.807) is 17.5 Å². The van der Waals surface area contributed by atoms with Crippen LogP contribution in [0.3, 0.4) is 0 Å². The number of hydrogen-bond acceptors (Lipinski definition) is 3. The highest BCUT2D eigenvalue weighted by Gasteiger charge is 2.34. The van der Waals surface area contributed by atoms with Crippen molar-refractivity contribution in [3.8, 4) is 0 Å². The topological polar surface area (TPSA) is 69.8 Å². The van der Waals surface area contributed by atoms with Crippen LogP contribution in [0.15, 0.2) is 42.0 Å². The summed E-state index contributed by atoms with van der Waals surface area (Å²) in [7, 11) is 0. The Labute approximate surface area is 144 Å². The van der Waals surface area contributed by atoms with Crippen molar-refractivity contribution in [2.75, 3.05) is 6.54 Å². The molecule has 3 N–H and O–H groups in total. The summed E-state index contributed by atoms with van der Waals surface area (Å²) < 4.78 is 0. The molecule has 6 heteroatoms. The Kier molecular flexibility index (Phi) is 4.21. The monoisotopic (exact) mass is 340 g/mol. The van der Waals surface area contributed by atoms with Gasteiger partial charge in [0.05, 0.1) is 6.04 Å². The first-order valence-electron chi connectivity index (χ1n) is 8.30. The summed E-state index contributed by atoms with van der Waals surface area (Å²) in [4.78, 5) is 19.8. The molecule has 1 fully saturated rings.